The van der Waals surface area contributed by atoms with Crippen molar-refractivity contribution >= 4 is 28.8 Å². The maximum atomic E-state index is 14.1. The first-order chi connectivity index (χ1) is 13.8. The Kier molecular flexibility index (Phi) is 5.08. The van der Waals surface area contributed by atoms with E-state index in [9.17, 15) is 13.6 Å². The Labute approximate surface area is 175 Å². The van der Waals surface area contributed by atoms with Gasteiger partial charge in [-0.1, -0.05) is 35.9 Å². The molecular formula is C20H17ClF2N4OS. The molecule has 0 aliphatic heterocycles. The van der Waals surface area contributed by atoms with Crippen molar-refractivity contribution in [1.82, 2.24) is 15.0 Å². The summed E-state index contributed by atoms with van der Waals surface area (Å²) in [6.07, 6.45) is 5.64. The molecule has 3 aromatic rings. The second-order valence-electron chi connectivity index (χ2n) is 7.14. The van der Waals surface area contributed by atoms with Crippen LogP contribution in [0.2, 0.25) is 4.34 Å². The van der Waals surface area contributed by atoms with Crippen molar-refractivity contribution in [1.29, 1.82) is 0 Å². The van der Waals surface area contributed by atoms with Gasteiger partial charge < -0.3 is 5.73 Å². The van der Waals surface area contributed by atoms with E-state index in [1.54, 1.807) is 36.7 Å². The highest BCUT2D eigenvalue weighted by molar-refractivity contribution is 7.16. The summed E-state index contributed by atoms with van der Waals surface area (Å²) in [5.41, 5.74) is 6.57. The van der Waals surface area contributed by atoms with Gasteiger partial charge in [0.05, 0.1) is 6.20 Å². The van der Waals surface area contributed by atoms with Gasteiger partial charge in [-0.2, -0.15) is 0 Å². The van der Waals surface area contributed by atoms with Crippen LogP contribution in [-0.4, -0.2) is 26.8 Å². The fourth-order valence-corrected chi connectivity index (χ4v) is 5.32. The molecule has 150 valence electrons. The van der Waals surface area contributed by atoms with Crippen LogP contribution in [0.4, 0.5) is 8.78 Å². The van der Waals surface area contributed by atoms with Crippen molar-refractivity contribution < 1.29 is 13.6 Å². The Morgan fingerprint density at radius 2 is 1.86 bits per heavy atom. The van der Waals surface area contributed by atoms with E-state index in [1.807, 2.05) is 0 Å². The lowest BCUT2D eigenvalue weighted by molar-refractivity contribution is -0.124. The average molecular weight is 435 g/mol. The number of carbonyl (C=O) groups excluding carboxylic acids is 1. The SMILES string of the molecule is NC(=O)C(c1ccc(-c2cncnc2)cc1)(c1ncc(Cl)s1)C1CCC(F)(F)C1. The van der Waals surface area contributed by atoms with Gasteiger partial charge in [-0.25, -0.2) is 23.7 Å². The first-order valence-corrected chi connectivity index (χ1v) is 10.2. The van der Waals surface area contributed by atoms with Crippen LogP contribution < -0.4 is 5.73 Å². The molecule has 1 aromatic carbocycles. The van der Waals surface area contributed by atoms with Gasteiger partial charge in [0.15, 0.2) is 0 Å². The molecule has 1 amide bonds. The highest BCUT2D eigenvalue weighted by Crippen LogP contribution is 2.52. The van der Waals surface area contributed by atoms with Gasteiger partial charge in [0.25, 0.3) is 0 Å². The molecule has 1 aliphatic carbocycles. The van der Waals surface area contributed by atoms with Crippen molar-refractivity contribution in [3.05, 3.63) is 64.1 Å². The minimum atomic E-state index is -2.84. The first-order valence-electron chi connectivity index (χ1n) is 8.98. The monoisotopic (exact) mass is 434 g/mol. The standard InChI is InChI=1S/C20H17ClF2N4OS/c21-16-10-27-18(29-16)20(17(24)28,15-5-6-19(22,23)7-15)14-3-1-12(2-4-14)13-8-25-11-26-9-13/h1-4,8-11,15H,5-7H2,(H2,24,28). The topological polar surface area (TPSA) is 81.8 Å². The minimum absolute atomic E-state index is 0.168. The van der Waals surface area contributed by atoms with Crippen LogP contribution >= 0.6 is 22.9 Å². The van der Waals surface area contributed by atoms with Crippen molar-refractivity contribution in [3.63, 3.8) is 0 Å². The summed E-state index contributed by atoms with van der Waals surface area (Å²) in [6.45, 7) is 0. The molecule has 0 saturated heterocycles. The molecule has 0 radical (unpaired) electrons. The normalized spacial score (nSPS) is 20.3. The number of hydrogen-bond donors (Lipinski definition) is 1. The fraction of sp³-hybridized carbons (Fsp3) is 0.300. The smallest absolute Gasteiger partial charge is 0.248 e. The molecule has 2 N–H and O–H groups in total. The summed E-state index contributed by atoms with van der Waals surface area (Å²) in [4.78, 5) is 25.1. The summed E-state index contributed by atoms with van der Waals surface area (Å²) < 4.78 is 28.6. The lowest BCUT2D eigenvalue weighted by atomic mass is 9.68. The van der Waals surface area contributed by atoms with E-state index < -0.39 is 29.6 Å². The van der Waals surface area contributed by atoms with E-state index in [4.69, 9.17) is 17.3 Å². The van der Waals surface area contributed by atoms with Crippen molar-refractivity contribution in [2.75, 3.05) is 0 Å². The molecule has 2 heterocycles. The number of thiazole rings is 1. The van der Waals surface area contributed by atoms with Crippen LogP contribution in [0.15, 0.2) is 49.2 Å². The minimum Gasteiger partial charge on any atom is -0.369 e. The molecule has 1 saturated carbocycles. The number of nitrogens with two attached hydrogens (primary N) is 1. The predicted molar refractivity (Wildman–Crippen MR) is 107 cm³/mol. The van der Waals surface area contributed by atoms with E-state index in [0.717, 1.165) is 22.5 Å². The van der Waals surface area contributed by atoms with Crippen LogP contribution in [0.5, 0.6) is 0 Å². The highest BCUT2D eigenvalue weighted by Gasteiger charge is 2.56. The second-order valence-corrected chi connectivity index (χ2v) is 8.80. The van der Waals surface area contributed by atoms with Crippen LogP contribution in [-0.2, 0) is 10.2 Å². The van der Waals surface area contributed by atoms with Crippen LogP contribution in [0, 0.1) is 5.92 Å². The largest absolute Gasteiger partial charge is 0.369 e. The van der Waals surface area contributed by atoms with Crippen LogP contribution in [0.3, 0.4) is 0 Å². The van der Waals surface area contributed by atoms with Gasteiger partial charge in [0, 0.05) is 30.8 Å². The van der Waals surface area contributed by atoms with Crippen LogP contribution in [0.25, 0.3) is 11.1 Å². The Hall–Kier alpha value is -2.45. The Morgan fingerprint density at radius 1 is 1.17 bits per heavy atom. The maximum absolute atomic E-state index is 14.1. The molecule has 4 rings (SSSR count). The molecule has 5 nitrogen and oxygen atoms in total. The van der Waals surface area contributed by atoms with Gasteiger partial charge in [-0.15, -0.1) is 11.3 Å². The van der Waals surface area contributed by atoms with E-state index >= 15 is 0 Å². The molecule has 2 aromatic heterocycles. The fourth-order valence-electron chi connectivity index (χ4n) is 4.11. The second kappa shape index (κ2) is 7.42. The molecule has 2 unspecified atom stereocenters. The molecule has 0 spiro atoms. The number of halogens is 3. The average Bonchev–Trinajstić information content (AvgIpc) is 3.29. The van der Waals surface area contributed by atoms with Crippen molar-refractivity contribution in [2.24, 2.45) is 11.7 Å². The Bertz CT molecular complexity index is 1030. The first kappa shape index (κ1) is 19.8. The summed E-state index contributed by atoms with van der Waals surface area (Å²) in [5, 5.41) is 0.341. The number of amides is 1. The van der Waals surface area contributed by atoms with Crippen molar-refractivity contribution in [3.8, 4) is 11.1 Å². The van der Waals surface area contributed by atoms with Crippen molar-refractivity contribution in [2.45, 2.75) is 30.6 Å². The zero-order valence-corrected chi connectivity index (χ0v) is 16.8. The third-order valence-corrected chi connectivity index (χ3v) is 6.70. The third-order valence-electron chi connectivity index (χ3n) is 5.45. The summed E-state index contributed by atoms with van der Waals surface area (Å²) >= 11 is 7.16. The molecule has 2 atom stereocenters. The van der Waals surface area contributed by atoms with Crippen LogP contribution in [0.1, 0.15) is 29.8 Å². The number of aromatic nitrogens is 3. The van der Waals surface area contributed by atoms with Gasteiger partial charge in [0.1, 0.15) is 21.1 Å². The van der Waals surface area contributed by atoms with E-state index in [0.29, 0.717) is 14.9 Å². The number of carbonyl (C=O) groups is 1. The number of rotatable bonds is 5. The Morgan fingerprint density at radius 3 is 2.38 bits per heavy atom. The lowest BCUT2D eigenvalue weighted by Gasteiger charge is -2.35. The number of primary amides is 1. The molecule has 1 aliphatic rings. The number of hydrogen-bond acceptors (Lipinski definition) is 5. The molecular weight excluding hydrogens is 418 g/mol. The predicted octanol–water partition coefficient (Wildman–Crippen LogP) is 4.46. The zero-order valence-electron chi connectivity index (χ0n) is 15.2. The Balaban J connectivity index is 1.85. The van der Waals surface area contributed by atoms with Gasteiger partial charge in [0.2, 0.25) is 11.8 Å². The van der Waals surface area contributed by atoms with Gasteiger partial charge in [-0.05, 0) is 23.5 Å². The van der Waals surface area contributed by atoms with Gasteiger partial charge >= 0.3 is 0 Å². The highest BCUT2D eigenvalue weighted by atomic mass is 35.5. The summed E-state index contributed by atoms with van der Waals surface area (Å²) in [6, 6.07) is 7.07. The molecule has 0 bridgehead atoms. The summed E-state index contributed by atoms with van der Waals surface area (Å²) in [7, 11) is 0. The quantitative estimate of drug-likeness (QED) is 0.642. The molecule has 9 heteroatoms. The lowest BCUT2D eigenvalue weighted by Crippen LogP contribution is -2.48. The molecule has 1 fully saturated rings. The van der Waals surface area contributed by atoms with E-state index in [-0.39, 0.29) is 12.8 Å². The molecule has 29 heavy (non-hydrogen) atoms. The zero-order chi connectivity index (χ0) is 20.6. The summed E-state index contributed by atoms with van der Waals surface area (Å²) in [5.74, 6) is -4.22. The number of nitrogens with zero attached hydrogens (tertiary/aromatic N) is 3. The van der Waals surface area contributed by atoms with E-state index in [2.05, 4.69) is 15.0 Å². The third kappa shape index (κ3) is 3.51. The number of alkyl halides is 2. The van der Waals surface area contributed by atoms with E-state index in [1.165, 1.54) is 12.5 Å². The number of benzene rings is 1. The van der Waals surface area contributed by atoms with Gasteiger partial charge in [-0.3, -0.25) is 4.79 Å². The maximum Gasteiger partial charge on any atom is 0.248 e.